The van der Waals surface area contributed by atoms with E-state index >= 15 is 0 Å². The lowest BCUT2D eigenvalue weighted by Gasteiger charge is -2.35. The minimum atomic E-state index is 0.0783. The largest absolute Gasteiger partial charge is 0.372 e. The predicted octanol–water partition coefficient (Wildman–Crippen LogP) is 0.616. The molecule has 0 atom stereocenters. The molecule has 1 aromatic heterocycles. The van der Waals surface area contributed by atoms with Crippen LogP contribution in [0.15, 0.2) is 18.3 Å². The zero-order valence-electron chi connectivity index (χ0n) is 12.6. The van der Waals surface area contributed by atoms with E-state index < -0.39 is 0 Å². The molecule has 2 heterocycles. The molecule has 0 aliphatic carbocycles. The highest BCUT2D eigenvalue weighted by Crippen LogP contribution is 2.14. The van der Waals surface area contributed by atoms with E-state index in [9.17, 15) is 4.79 Å². The second-order valence-electron chi connectivity index (χ2n) is 5.15. The molecule has 116 valence electrons. The molecule has 1 fully saturated rings. The molecule has 2 N–H and O–H groups in total. The highest BCUT2D eigenvalue weighted by Gasteiger charge is 2.21. The fraction of sp³-hybridized carbons (Fsp3) is 0.600. The lowest BCUT2D eigenvalue weighted by Crippen LogP contribution is -2.50. The molecular formula is C15H24N4O2. The van der Waals surface area contributed by atoms with Crippen molar-refractivity contribution in [2.24, 2.45) is 5.73 Å². The van der Waals surface area contributed by atoms with Crippen LogP contribution in [0.1, 0.15) is 18.9 Å². The quantitative estimate of drug-likeness (QED) is 0.778. The lowest BCUT2D eigenvalue weighted by atomic mass is 10.2. The number of hydrogen-bond donors (Lipinski definition) is 1. The van der Waals surface area contributed by atoms with Gasteiger partial charge in [-0.2, -0.15) is 0 Å². The van der Waals surface area contributed by atoms with Gasteiger partial charge in [-0.3, -0.25) is 4.79 Å². The fourth-order valence-electron chi connectivity index (χ4n) is 2.30. The van der Waals surface area contributed by atoms with Gasteiger partial charge in [0.25, 0.3) is 0 Å². The summed E-state index contributed by atoms with van der Waals surface area (Å²) in [5.74, 6) is 1.02. The van der Waals surface area contributed by atoms with E-state index in [-0.39, 0.29) is 12.5 Å². The zero-order valence-corrected chi connectivity index (χ0v) is 12.6. The van der Waals surface area contributed by atoms with Gasteiger partial charge in [-0.25, -0.2) is 4.98 Å². The highest BCUT2D eigenvalue weighted by atomic mass is 16.5. The van der Waals surface area contributed by atoms with E-state index in [2.05, 4.69) is 9.88 Å². The van der Waals surface area contributed by atoms with Gasteiger partial charge < -0.3 is 20.3 Å². The molecule has 0 bridgehead atoms. The number of aromatic nitrogens is 1. The molecule has 0 aromatic carbocycles. The maximum atomic E-state index is 12.0. The summed E-state index contributed by atoms with van der Waals surface area (Å²) in [6.07, 6.45) is 2.75. The van der Waals surface area contributed by atoms with Gasteiger partial charge >= 0.3 is 0 Å². The highest BCUT2D eigenvalue weighted by molar-refractivity contribution is 5.77. The minimum Gasteiger partial charge on any atom is -0.372 e. The number of amides is 1. The Balaban J connectivity index is 1.80. The summed E-state index contributed by atoms with van der Waals surface area (Å²) in [6.45, 7) is 6.41. The Morgan fingerprint density at radius 2 is 2.10 bits per heavy atom. The Kier molecular flexibility index (Phi) is 5.95. The Morgan fingerprint density at radius 3 is 2.67 bits per heavy atom. The topological polar surface area (TPSA) is 71.7 Å². The molecular weight excluding hydrogens is 268 g/mol. The summed E-state index contributed by atoms with van der Waals surface area (Å²) in [5.41, 5.74) is 6.60. The third kappa shape index (κ3) is 4.41. The van der Waals surface area contributed by atoms with Crippen molar-refractivity contribution < 1.29 is 9.53 Å². The Bertz CT molecular complexity index is 441. The van der Waals surface area contributed by atoms with Crippen LogP contribution in [0, 0.1) is 0 Å². The third-order valence-electron chi connectivity index (χ3n) is 3.58. The molecule has 2 rings (SSSR count). The maximum Gasteiger partial charge on any atom is 0.248 e. The normalized spacial score (nSPS) is 15.3. The number of rotatable bonds is 6. The summed E-state index contributed by atoms with van der Waals surface area (Å²) in [4.78, 5) is 20.4. The van der Waals surface area contributed by atoms with Crippen LogP contribution in [-0.4, -0.2) is 55.2 Å². The van der Waals surface area contributed by atoms with E-state index in [4.69, 9.17) is 10.5 Å². The number of pyridine rings is 1. The van der Waals surface area contributed by atoms with Crippen LogP contribution >= 0.6 is 0 Å². The fourth-order valence-corrected chi connectivity index (χ4v) is 2.30. The molecule has 0 spiro atoms. The van der Waals surface area contributed by atoms with E-state index in [1.54, 1.807) is 0 Å². The molecule has 1 aliphatic heterocycles. The van der Waals surface area contributed by atoms with Crippen LogP contribution in [0.25, 0.3) is 0 Å². The molecule has 0 radical (unpaired) electrons. The van der Waals surface area contributed by atoms with Crippen molar-refractivity contribution in [3.05, 3.63) is 23.9 Å². The summed E-state index contributed by atoms with van der Waals surface area (Å²) in [7, 11) is 0. The van der Waals surface area contributed by atoms with E-state index in [1.807, 2.05) is 30.2 Å². The monoisotopic (exact) mass is 292 g/mol. The number of piperazine rings is 1. The van der Waals surface area contributed by atoms with Crippen molar-refractivity contribution in [2.75, 3.05) is 44.3 Å². The molecule has 1 saturated heterocycles. The number of nitrogens with two attached hydrogens (primary N) is 1. The van der Waals surface area contributed by atoms with Crippen LogP contribution < -0.4 is 10.6 Å². The third-order valence-corrected chi connectivity index (χ3v) is 3.58. The van der Waals surface area contributed by atoms with Crippen molar-refractivity contribution >= 4 is 11.7 Å². The van der Waals surface area contributed by atoms with Gasteiger partial charge in [-0.1, -0.05) is 13.0 Å². The van der Waals surface area contributed by atoms with Crippen molar-refractivity contribution in [3.8, 4) is 0 Å². The Morgan fingerprint density at radius 1 is 1.33 bits per heavy atom. The molecule has 1 amide bonds. The second-order valence-corrected chi connectivity index (χ2v) is 5.15. The molecule has 0 saturated carbocycles. The first kappa shape index (κ1) is 15.7. The number of hydrogen-bond acceptors (Lipinski definition) is 5. The average molecular weight is 292 g/mol. The van der Waals surface area contributed by atoms with Crippen molar-refractivity contribution in [1.29, 1.82) is 0 Å². The summed E-state index contributed by atoms with van der Waals surface area (Å²) >= 11 is 0. The number of ether oxygens (including phenoxy) is 1. The van der Waals surface area contributed by atoms with Gasteiger partial charge in [0.05, 0.1) is 0 Å². The van der Waals surface area contributed by atoms with Crippen molar-refractivity contribution in [1.82, 2.24) is 9.88 Å². The molecule has 6 nitrogen and oxygen atoms in total. The molecule has 21 heavy (non-hydrogen) atoms. The van der Waals surface area contributed by atoms with E-state index in [1.165, 1.54) is 0 Å². The second kappa shape index (κ2) is 7.95. The van der Waals surface area contributed by atoms with Crippen LogP contribution in [-0.2, 0) is 16.1 Å². The van der Waals surface area contributed by atoms with Gasteiger partial charge in [-0.05, 0) is 18.1 Å². The number of carbonyl (C=O) groups is 1. The van der Waals surface area contributed by atoms with Gasteiger partial charge in [-0.15, -0.1) is 0 Å². The summed E-state index contributed by atoms with van der Waals surface area (Å²) < 4.78 is 5.31. The summed E-state index contributed by atoms with van der Waals surface area (Å²) in [6, 6.07) is 3.99. The zero-order chi connectivity index (χ0) is 15.1. The molecule has 6 heteroatoms. The van der Waals surface area contributed by atoms with E-state index in [0.717, 1.165) is 30.9 Å². The van der Waals surface area contributed by atoms with Gasteiger partial charge in [0.1, 0.15) is 12.4 Å². The Labute approximate surface area is 125 Å². The minimum absolute atomic E-state index is 0.0783. The van der Waals surface area contributed by atoms with Crippen LogP contribution in [0.4, 0.5) is 5.82 Å². The first-order valence-electron chi connectivity index (χ1n) is 7.50. The Hall–Kier alpha value is -1.66. The number of nitrogens with zero attached hydrogens (tertiary/aromatic N) is 3. The van der Waals surface area contributed by atoms with Crippen LogP contribution in [0.2, 0.25) is 0 Å². The molecule has 1 aliphatic rings. The molecule has 1 aromatic rings. The summed E-state index contributed by atoms with van der Waals surface area (Å²) in [5, 5.41) is 0. The maximum absolute atomic E-state index is 12.0. The number of anilines is 1. The SMILES string of the molecule is CCCOCC(=O)N1CCN(c2ccc(CN)cn2)CC1. The molecule has 0 unspecified atom stereocenters. The predicted molar refractivity (Wildman–Crippen MR) is 82.0 cm³/mol. The first-order chi connectivity index (χ1) is 10.2. The van der Waals surface area contributed by atoms with Crippen LogP contribution in [0.5, 0.6) is 0 Å². The van der Waals surface area contributed by atoms with E-state index in [0.29, 0.717) is 26.2 Å². The lowest BCUT2D eigenvalue weighted by molar-refractivity contribution is -0.136. The smallest absolute Gasteiger partial charge is 0.248 e. The van der Waals surface area contributed by atoms with Gasteiger partial charge in [0, 0.05) is 45.5 Å². The first-order valence-corrected chi connectivity index (χ1v) is 7.50. The standard InChI is InChI=1S/C15H24N4O2/c1-2-9-21-12-15(20)19-7-5-18(6-8-19)14-4-3-13(10-16)11-17-14/h3-4,11H,2,5-10,12,16H2,1H3. The van der Waals surface area contributed by atoms with Crippen LogP contribution in [0.3, 0.4) is 0 Å². The van der Waals surface area contributed by atoms with Gasteiger partial charge in [0.2, 0.25) is 5.91 Å². The average Bonchev–Trinajstić information content (AvgIpc) is 2.55. The van der Waals surface area contributed by atoms with Crippen molar-refractivity contribution in [3.63, 3.8) is 0 Å². The van der Waals surface area contributed by atoms with Gasteiger partial charge in [0.15, 0.2) is 0 Å². The van der Waals surface area contributed by atoms with Crippen molar-refractivity contribution in [2.45, 2.75) is 19.9 Å². The number of carbonyl (C=O) groups excluding carboxylic acids is 1.